The van der Waals surface area contributed by atoms with Crippen LogP contribution in [0.15, 0.2) is 0 Å². The second-order valence-corrected chi connectivity index (χ2v) is 4.00. The number of nitrogens with two attached hydrogens (primary N) is 1. The molecule has 1 aliphatic heterocycles. The maximum atomic E-state index is 10.2. The molecule has 1 aliphatic rings. The van der Waals surface area contributed by atoms with E-state index in [1.165, 1.54) is 0 Å². The second-order valence-electron chi connectivity index (χ2n) is 1.75. The molecule has 0 atom stereocenters. The molecule has 2 N–H and O–H groups in total. The van der Waals surface area contributed by atoms with Gasteiger partial charge in [0.15, 0.2) is 0 Å². The quantitative estimate of drug-likeness (QED) is 0.594. The van der Waals surface area contributed by atoms with E-state index in [0.29, 0.717) is 0 Å². The van der Waals surface area contributed by atoms with Gasteiger partial charge in [-0.1, -0.05) is 0 Å². The second kappa shape index (κ2) is 2.45. The van der Waals surface area contributed by atoms with Gasteiger partial charge in [-0.3, -0.25) is 4.18 Å². The highest BCUT2D eigenvalue weighted by molar-refractivity contribution is 8.00. The number of hydrogen-bond donors (Lipinski definition) is 1. The Labute approximate surface area is 58.0 Å². The van der Waals surface area contributed by atoms with Crippen LogP contribution in [0, 0.1) is 0 Å². The maximum Gasteiger partial charge on any atom is 0.333 e. The average Bonchev–Trinajstić information content (AvgIpc) is 1.53. The van der Waals surface area contributed by atoms with Gasteiger partial charge in [-0.05, 0) is 0 Å². The molecule has 0 aromatic rings. The molecule has 0 aromatic carbocycles. The van der Waals surface area contributed by atoms with E-state index in [2.05, 4.69) is 9.32 Å². The highest BCUT2D eigenvalue weighted by Gasteiger charge is 2.23. The predicted octanol–water partition coefficient (Wildman–Crippen LogP) is -0.678. The van der Waals surface area contributed by atoms with Crippen molar-refractivity contribution in [2.45, 2.75) is 6.10 Å². The number of rotatable bonds is 2. The molecule has 1 heterocycles. The van der Waals surface area contributed by atoms with Crippen LogP contribution in [-0.4, -0.2) is 26.0 Å². The first kappa shape index (κ1) is 7.33. The Morgan fingerprint density at radius 3 is 2.22 bits per heavy atom. The molecule has 54 valence electrons. The Bertz CT molecular complexity index is 183. The molecular formula is C3H7NO3S2. The van der Waals surface area contributed by atoms with E-state index >= 15 is 0 Å². The molecule has 1 fully saturated rings. The topological polar surface area (TPSA) is 69.4 Å². The minimum absolute atomic E-state index is 0.176. The summed E-state index contributed by atoms with van der Waals surface area (Å²) in [5.41, 5.74) is 0. The Morgan fingerprint density at radius 1 is 1.56 bits per heavy atom. The molecule has 0 aromatic heterocycles. The van der Waals surface area contributed by atoms with E-state index in [4.69, 9.17) is 0 Å². The van der Waals surface area contributed by atoms with Gasteiger partial charge in [-0.2, -0.15) is 20.2 Å². The zero-order valence-electron chi connectivity index (χ0n) is 4.61. The van der Waals surface area contributed by atoms with Gasteiger partial charge in [-0.25, -0.2) is 5.14 Å². The zero-order valence-corrected chi connectivity index (χ0v) is 6.24. The van der Waals surface area contributed by atoms with Gasteiger partial charge >= 0.3 is 10.3 Å². The van der Waals surface area contributed by atoms with Crippen LogP contribution in [0.2, 0.25) is 0 Å². The van der Waals surface area contributed by atoms with Crippen LogP contribution in [-0.2, 0) is 14.5 Å². The van der Waals surface area contributed by atoms with Crippen LogP contribution < -0.4 is 5.14 Å². The summed E-state index contributed by atoms with van der Waals surface area (Å²) in [6.45, 7) is 0. The standard InChI is InChI=1S/C3H7NO3S2/c4-9(5,6)7-3-1-8-2-3/h3H,1-2H2,(H2,4,5,6). The van der Waals surface area contributed by atoms with Crippen LogP contribution in [0.25, 0.3) is 0 Å². The molecule has 0 spiro atoms. The van der Waals surface area contributed by atoms with Gasteiger partial charge in [0.1, 0.15) is 0 Å². The molecule has 1 rings (SSSR count). The Balaban J connectivity index is 2.33. The van der Waals surface area contributed by atoms with Gasteiger partial charge in [-0.15, -0.1) is 0 Å². The number of thioether (sulfide) groups is 1. The lowest BCUT2D eigenvalue weighted by atomic mass is 10.5. The van der Waals surface area contributed by atoms with E-state index in [-0.39, 0.29) is 6.10 Å². The first-order chi connectivity index (χ1) is 4.08. The van der Waals surface area contributed by atoms with Crippen molar-refractivity contribution in [1.82, 2.24) is 0 Å². The highest BCUT2D eigenvalue weighted by Crippen LogP contribution is 2.21. The summed E-state index contributed by atoms with van der Waals surface area (Å²) in [5.74, 6) is 1.47. The molecule has 0 unspecified atom stereocenters. The minimum Gasteiger partial charge on any atom is -0.253 e. The van der Waals surface area contributed by atoms with Crippen molar-refractivity contribution in [3.05, 3.63) is 0 Å². The monoisotopic (exact) mass is 169 g/mol. The number of hydrogen-bond acceptors (Lipinski definition) is 4. The summed E-state index contributed by atoms with van der Waals surface area (Å²) in [6.07, 6.45) is -0.176. The largest absolute Gasteiger partial charge is 0.333 e. The molecule has 0 saturated carbocycles. The molecule has 0 radical (unpaired) electrons. The Hall–Kier alpha value is 0.220. The van der Waals surface area contributed by atoms with Crippen molar-refractivity contribution in [1.29, 1.82) is 0 Å². The van der Waals surface area contributed by atoms with Crippen molar-refractivity contribution in [2.75, 3.05) is 11.5 Å². The molecule has 1 saturated heterocycles. The molecular weight excluding hydrogens is 162 g/mol. The molecule has 4 nitrogen and oxygen atoms in total. The summed E-state index contributed by atoms with van der Waals surface area (Å²) in [6, 6.07) is 0. The van der Waals surface area contributed by atoms with Gasteiger partial charge in [0.05, 0.1) is 6.10 Å². The smallest absolute Gasteiger partial charge is 0.253 e. The van der Waals surface area contributed by atoms with Crippen molar-refractivity contribution in [2.24, 2.45) is 5.14 Å². The Morgan fingerprint density at radius 2 is 2.11 bits per heavy atom. The fourth-order valence-corrected chi connectivity index (χ4v) is 1.71. The average molecular weight is 169 g/mol. The molecule has 0 amide bonds. The van der Waals surface area contributed by atoms with Crippen LogP contribution in [0.1, 0.15) is 0 Å². The first-order valence-corrected chi connectivity index (χ1v) is 4.99. The van der Waals surface area contributed by atoms with E-state index in [0.717, 1.165) is 11.5 Å². The van der Waals surface area contributed by atoms with Crippen molar-refractivity contribution in [3.8, 4) is 0 Å². The zero-order chi connectivity index (χ0) is 6.91. The van der Waals surface area contributed by atoms with Gasteiger partial charge in [0, 0.05) is 11.5 Å². The van der Waals surface area contributed by atoms with E-state index in [1.54, 1.807) is 11.8 Å². The third-order valence-electron chi connectivity index (χ3n) is 0.878. The fourth-order valence-electron chi connectivity index (χ4n) is 0.459. The first-order valence-electron chi connectivity index (χ1n) is 2.37. The van der Waals surface area contributed by atoms with Crippen LogP contribution >= 0.6 is 11.8 Å². The van der Waals surface area contributed by atoms with Crippen molar-refractivity contribution >= 4 is 22.1 Å². The van der Waals surface area contributed by atoms with E-state index < -0.39 is 10.3 Å². The van der Waals surface area contributed by atoms with Crippen molar-refractivity contribution in [3.63, 3.8) is 0 Å². The predicted molar refractivity (Wildman–Crippen MR) is 35.3 cm³/mol. The van der Waals surface area contributed by atoms with Gasteiger partial charge < -0.3 is 0 Å². The molecule has 0 aliphatic carbocycles. The third kappa shape index (κ3) is 2.53. The molecule has 6 heteroatoms. The lowest BCUT2D eigenvalue weighted by Crippen LogP contribution is -2.33. The SMILES string of the molecule is NS(=O)(=O)OC1CSC1. The summed E-state index contributed by atoms with van der Waals surface area (Å²) in [4.78, 5) is 0. The summed E-state index contributed by atoms with van der Waals surface area (Å²) < 4.78 is 24.8. The highest BCUT2D eigenvalue weighted by atomic mass is 32.2. The fraction of sp³-hybridized carbons (Fsp3) is 1.00. The summed E-state index contributed by atoms with van der Waals surface area (Å²) in [7, 11) is -3.70. The van der Waals surface area contributed by atoms with Gasteiger partial charge in [0.25, 0.3) is 0 Å². The van der Waals surface area contributed by atoms with Gasteiger partial charge in [0.2, 0.25) is 0 Å². The Kier molecular flexibility index (Phi) is 2.00. The van der Waals surface area contributed by atoms with Crippen LogP contribution in [0.5, 0.6) is 0 Å². The molecule has 0 bridgehead atoms. The van der Waals surface area contributed by atoms with E-state index in [1.807, 2.05) is 0 Å². The lowest BCUT2D eigenvalue weighted by molar-refractivity contribution is 0.247. The summed E-state index contributed by atoms with van der Waals surface area (Å²) in [5, 5.41) is 4.59. The summed E-state index contributed by atoms with van der Waals surface area (Å²) >= 11 is 1.64. The van der Waals surface area contributed by atoms with Crippen molar-refractivity contribution < 1.29 is 12.6 Å². The van der Waals surface area contributed by atoms with Crippen LogP contribution in [0.3, 0.4) is 0 Å². The van der Waals surface area contributed by atoms with E-state index in [9.17, 15) is 8.42 Å². The minimum atomic E-state index is -3.70. The lowest BCUT2D eigenvalue weighted by Gasteiger charge is -2.22. The maximum absolute atomic E-state index is 10.2. The molecule has 9 heavy (non-hydrogen) atoms. The van der Waals surface area contributed by atoms with Crippen LogP contribution in [0.4, 0.5) is 0 Å². The normalized spacial score (nSPS) is 21.4. The third-order valence-corrected chi connectivity index (χ3v) is 2.63.